The zero-order chi connectivity index (χ0) is 20.1. The Kier molecular flexibility index (Phi) is 10.2. The molecule has 0 aliphatic heterocycles. The molecule has 1 saturated carbocycles. The Morgan fingerprint density at radius 1 is 1.14 bits per heavy atom. The highest BCUT2D eigenvalue weighted by molar-refractivity contribution is 7.89. The number of nitrogens with zero attached hydrogens (tertiary/aromatic N) is 2. The van der Waals surface area contributed by atoms with Gasteiger partial charge in [-0.3, -0.25) is 14.8 Å². The third-order valence-corrected chi connectivity index (χ3v) is 5.98. The van der Waals surface area contributed by atoms with Crippen LogP contribution in [-0.4, -0.2) is 38.3 Å². The van der Waals surface area contributed by atoms with Crippen LogP contribution < -0.4 is 15.9 Å². The number of rotatable bonds is 12. The molecule has 0 unspecified atom stereocenters. The van der Waals surface area contributed by atoms with Crippen molar-refractivity contribution in [2.75, 3.05) is 24.2 Å². The van der Waals surface area contributed by atoms with Gasteiger partial charge in [0.15, 0.2) is 5.96 Å². The molecule has 0 amide bonds. The summed E-state index contributed by atoms with van der Waals surface area (Å²) < 4.78 is 23.9. The predicted octanol–water partition coefficient (Wildman–Crippen LogP) is 2.80. The van der Waals surface area contributed by atoms with Crippen LogP contribution in [0.1, 0.15) is 57.8 Å². The van der Waals surface area contributed by atoms with Crippen LogP contribution in [0.3, 0.4) is 0 Å². The van der Waals surface area contributed by atoms with Gasteiger partial charge in [0, 0.05) is 24.6 Å². The van der Waals surface area contributed by atoms with E-state index in [2.05, 4.69) is 20.2 Å². The highest BCUT2D eigenvalue weighted by atomic mass is 32.2. The molecule has 8 nitrogen and oxygen atoms in total. The molecule has 1 heterocycles. The van der Waals surface area contributed by atoms with Gasteiger partial charge in [-0.2, -0.15) is 0 Å². The summed E-state index contributed by atoms with van der Waals surface area (Å²) in [6, 6.07) is 3.63. The van der Waals surface area contributed by atoms with E-state index in [0.717, 1.165) is 37.8 Å². The topological polar surface area (TPSA) is 119 Å². The van der Waals surface area contributed by atoms with Gasteiger partial charge < -0.3 is 11.1 Å². The van der Waals surface area contributed by atoms with Crippen molar-refractivity contribution in [2.24, 2.45) is 16.6 Å². The maximum atomic E-state index is 11.9. The number of pyridine rings is 1. The Balaban J connectivity index is 1.49. The molecule has 158 valence electrons. The number of unbranched alkanes of at least 4 members (excludes halogenated alkanes) is 3. The normalized spacial score (nSPS) is 16.2. The molecule has 0 atom stereocenters. The zero-order valence-electron chi connectivity index (χ0n) is 16.5. The third kappa shape index (κ3) is 10.0. The molecule has 4 N–H and O–H groups in total. The summed E-state index contributed by atoms with van der Waals surface area (Å²) in [5.41, 5.74) is 6.67. The maximum absolute atomic E-state index is 11.9. The van der Waals surface area contributed by atoms with Gasteiger partial charge in [0.25, 0.3) is 0 Å². The first kappa shape index (κ1) is 22.6. The first-order valence-corrected chi connectivity index (χ1v) is 11.8. The molecule has 1 fully saturated rings. The fraction of sp³-hybridized carbons (Fsp3) is 0.684. The summed E-state index contributed by atoms with van der Waals surface area (Å²) in [4.78, 5) is 15.7. The second-order valence-electron chi connectivity index (χ2n) is 7.26. The summed E-state index contributed by atoms with van der Waals surface area (Å²) in [5, 5.41) is 2.99. The predicted molar refractivity (Wildman–Crippen MR) is 112 cm³/mol. The number of nitrogens with two attached hydrogens (primary N) is 1. The van der Waals surface area contributed by atoms with Crippen molar-refractivity contribution in [2.45, 2.75) is 57.8 Å². The monoisotopic (exact) mass is 411 g/mol. The summed E-state index contributed by atoms with van der Waals surface area (Å²) in [6.45, 7) is 1.09. The van der Waals surface area contributed by atoms with Gasteiger partial charge >= 0.3 is 0 Å². The van der Waals surface area contributed by atoms with Crippen LogP contribution in [0.2, 0.25) is 0 Å². The van der Waals surface area contributed by atoms with Crippen LogP contribution in [0.15, 0.2) is 29.5 Å². The van der Waals surface area contributed by atoms with E-state index in [1.54, 1.807) is 12.4 Å². The number of anilines is 1. The van der Waals surface area contributed by atoms with Crippen LogP contribution in [0.4, 0.5) is 5.69 Å². The Hall–Kier alpha value is -1.71. The molecule has 9 heteroatoms. The summed E-state index contributed by atoms with van der Waals surface area (Å²) in [7, 11) is -3.36. The molecular formula is C19H33N5O3S. The average molecular weight is 412 g/mol. The molecule has 0 radical (unpaired) electrons. The van der Waals surface area contributed by atoms with Gasteiger partial charge in [-0.25, -0.2) is 8.42 Å². The molecule has 0 aromatic carbocycles. The van der Waals surface area contributed by atoms with Crippen molar-refractivity contribution in [3.8, 4) is 0 Å². The molecule has 28 heavy (non-hydrogen) atoms. The van der Waals surface area contributed by atoms with E-state index in [-0.39, 0.29) is 5.75 Å². The highest BCUT2D eigenvalue weighted by Gasteiger charge is 2.15. The van der Waals surface area contributed by atoms with Crippen molar-refractivity contribution < 1.29 is 13.3 Å². The van der Waals surface area contributed by atoms with Gasteiger partial charge in [0.1, 0.15) is 0 Å². The minimum absolute atomic E-state index is 0.0900. The minimum Gasteiger partial charge on any atom is -0.370 e. The Morgan fingerprint density at radius 2 is 1.86 bits per heavy atom. The van der Waals surface area contributed by atoms with Crippen LogP contribution in [0.5, 0.6) is 0 Å². The molecule has 0 bridgehead atoms. The lowest BCUT2D eigenvalue weighted by atomic mass is 9.90. The van der Waals surface area contributed by atoms with Crippen LogP contribution in [0.25, 0.3) is 0 Å². The lowest BCUT2D eigenvalue weighted by Crippen LogP contribution is -2.29. The van der Waals surface area contributed by atoms with Gasteiger partial charge in [-0.15, -0.1) is 0 Å². The molecule has 1 aliphatic carbocycles. The fourth-order valence-corrected chi connectivity index (χ4v) is 4.13. The van der Waals surface area contributed by atoms with Gasteiger partial charge in [0.2, 0.25) is 10.0 Å². The number of aliphatic imine (C=N–C) groups is 1. The third-order valence-electron chi connectivity index (χ3n) is 4.79. The van der Waals surface area contributed by atoms with Crippen LogP contribution in [-0.2, 0) is 14.9 Å². The van der Waals surface area contributed by atoms with E-state index >= 15 is 0 Å². The maximum Gasteiger partial charge on any atom is 0.233 e. The van der Waals surface area contributed by atoms with Gasteiger partial charge in [-0.1, -0.05) is 37.0 Å². The molecule has 1 aromatic rings. The number of hydrogen-bond acceptors (Lipinski definition) is 5. The van der Waals surface area contributed by atoms with E-state index in [4.69, 9.17) is 10.6 Å². The summed E-state index contributed by atoms with van der Waals surface area (Å²) in [6.07, 6.45) is 12.6. The lowest BCUT2D eigenvalue weighted by molar-refractivity contribution is 0.0519. The van der Waals surface area contributed by atoms with Crippen molar-refractivity contribution in [3.63, 3.8) is 0 Å². The summed E-state index contributed by atoms with van der Waals surface area (Å²) >= 11 is 0. The van der Waals surface area contributed by atoms with E-state index in [0.29, 0.717) is 31.4 Å². The number of aromatic nitrogens is 1. The van der Waals surface area contributed by atoms with Crippen LogP contribution >= 0.6 is 0 Å². The van der Waals surface area contributed by atoms with Crippen molar-refractivity contribution >= 4 is 21.7 Å². The van der Waals surface area contributed by atoms with E-state index in [1.165, 1.54) is 19.3 Å². The number of hydrogen-bond donors (Lipinski definition) is 3. The quantitative estimate of drug-likeness (QED) is 0.211. The molecule has 1 aromatic heterocycles. The van der Waals surface area contributed by atoms with E-state index in [1.807, 2.05) is 12.1 Å². The van der Waals surface area contributed by atoms with Crippen molar-refractivity contribution in [1.82, 2.24) is 9.87 Å². The number of nitrogens with one attached hydrogen (secondary N) is 2. The molecular weight excluding hydrogens is 378 g/mol. The first-order chi connectivity index (χ1) is 13.6. The standard InChI is InChI=1S/C19H33N5O3S/c20-19(23-18-10-13-21-14-11-18)22-12-6-1-2-7-15-28(25,26)24-27-16-17-8-4-3-5-9-17/h10-11,13-14,17,24H,1-9,12,15-16H2,(H3,20,21,22,23). The first-order valence-electron chi connectivity index (χ1n) is 10.1. The van der Waals surface area contributed by atoms with E-state index in [9.17, 15) is 8.42 Å². The van der Waals surface area contributed by atoms with Crippen molar-refractivity contribution in [1.29, 1.82) is 0 Å². The van der Waals surface area contributed by atoms with E-state index < -0.39 is 10.0 Å². The molecule has 0 spiro atoms. The van der Waals surface area contributed by atoms with Crippen LogP contribution in [0, 0.1) is 5.92 Å². The second-order valence-corrected chi connectivity index (χ2v) is 9.06. The highest BCUT2D eigenvalue weighted by Crippen LogP contribution is 2.23. The Bertz CT molecular complexity index is 676. The SMILES string of the molecule is NC(=NCCCCCCS(=O)(=O)NOCC1CCCCC1)Nc1ccncc1. The molecule has 0 saturated heterocycles. The Labute approximate surface area is 168 Å². The second kappa shape index (κ2) is 12.7. The lowest BCUT2D eigenvalue weighted by Gasteiger charge is -2.20. The molecule has 2 rings (SSSR count). The number of guanidine groups is 1. The summed E-state index contributed by atoms with van der Waals surface area (Å²) in [5.74, 6) is 0.942. The zero-order valence-corrected chi connectivity index (χ0v) is 17.3. The van der Waals surface area contributed by atoms with Gasteiger partial charge in [-0.05, 0) is 43.7 Å². The van der Waals surface area contributed by atoms with Crippen molar-refractivity contribution in [3.05, 3.63) is 24.5 Å². The Morgan fingerprint density at radius 3 is 2.61 bits per heavy atom. The van der Waals surface area contributed by atoms with Gasteiger partial charge in [0.05, 0.1) is 12.4 Å². The fourth-order valence-electron chi connectivity index (χ4n) is 3.22. The average Bonchev–Trinajstić information content (AvgIpc) is 2.68. The molecule has 1 aliphatic rings. The smallest absolute Gasteiger partial charge is 0.233 e. The number of sulfonamides is 1. The minimum atomic E-state index is -3.36. The largest absolute Gasteiger partial charge is 0.370 e.